The zero-order valence-corrected chi connectivity index (χ0v) is 24.0. The maximum Gasteiger partial charge on any atom is 0.303 e. The first-order valence-corrected chi connectivity index (χ1v) is 14.2. The van der Waals surface area contributed by atoms with Crippen molar-refractivity contribution in [2.45, 2.75) is 57.9 Å². The third kappa shape index (κ3) is 7.69. The second kappa shape index (κ2) is 13.9. The molecule has 2 heterocycles. The molecule has 4 rings (SSSR count). The van der Waals surface area contributed by atoms with Crippen LogP contribution in [0.5, 0.6) is 5.75 Å². The molecule has 11 heteroatoms. The molecule has 41 heavy (non-hydrogen) atoms. The molecule has 1 unspecified atom stereocenters. The molecule has 2 amide bonds. The Morgan fingerprint density at radius 2 is 1.68 bits per heavy atom. The summed E-state index contributed by atoms with van der Waals surface area (Å²) in [5, 5.41) is 5.19. The van der Waals surface area contributed by atoms with Gasteiger partial charge in [-0.1, -0.05) is 48.5 Å². The first kappa shape index (κ1) is 29.7. The Bertz CT molecular complexity index is 1380. The summed E-state index contributed by atoms with van der Waals surface area (Å²) in [4.78, 5) is 57.3. The van der Waals surface area contributed by atoms with Gasteiger partial charge in [-0.05, 0) is 24.5 Å². The van der Waals surface area contributed by atoms with Gasteiger partial charge in [0, 0.05) is 37.8 Å². The molecule has 1 aromatic heterocycles. The number of benzene rings is 2. The topological polar surface area (TPSA) is 124 Å². The van der Waals surface area contributed by atoms with Crippen molar-refractivity contribution in [2.24, 2.45) is 0 Å². The minimum absolute atomic E-state index is 0.0323. The lowest BCUT2D eigenvalue weighted by Gasteiger charge is -2.31. The van der Waals surface area contributed by atoms with Crippen molar-refractivity contribution in [3.05, 3.63) is 81.8 Å². The molecule has 0 saturated carbocycles. The van der Waals surface area contributed by atoms with Gasteiger partial charge < -0.3 is 24.4 Å². The van der Waals surface area contributed by atoms with Gasteiger partial charge in [0.2, 0.25) is 12.2 Å². The van der Waals surface area contributed by atoms with Gasteiger partial charge in [0.25, 0.3) is 11.8 Å². The van der Waals surface area contributed by atoms with Crippen molar-refractivity contribution in [1.82, 2.24) is 15.2 Å². The molecule has 0 spiro atoms. The first-order chi connectivity index (χ1) is 19.8. The van der Waals surface area contributed by atoms with Crippen molar-refractivity contribution in [1.29, 1.82) is 0 Å². The van der Waals surface area contributed by atoms with E-state index >= 15 is 0 Å². The van der Waals surface area contributed by atoms with Crippen LogP contribution in [0.2, 0.25) is 0 Å². The number of nitrogens with zero attached hydrogens (tertiary/aromatic N) is 2. The highest BCUT2D eigenvalue weighted by Gasteiger charge is 2.44. The number of methoxy groups -OCH3 is 1. The summed E-state index contributed by atoms with van der Waals surface area (Å²) < 4.78 is 16.0. The molecular weight excluding hydrogens is 546 g/mol. The fourth-order valence-electron chi connectivity index (χ4n) is 4.89. The molecule has 1 fully saturated rings. The molecule has 3 atom stereocenters. The number of carbonyl (C=O) groups is 4. The molecule has 3 aromatic rings. The van der Waals surface area contributed by atoms with Gasteiger partial charge in [-0.15, -0.1) is 11.3 Å². The average Bonchev–Trinajstić information content (AvgIpc) is 3.64. The van der Waals surface area contributed by atoms with Crippen LogP contribution in [0.4, 0.5) is 0 Å². The lowest BCUT2D eigenvalue weighted by atomic mass is 10.0. The predicted octanol–water partition coefficient (Wildman–Crippen LogP) is 3.59. The summed E-state index contributed by atoms with van der Waals surface area (Å²) in [5.74, 6) is -2.17. The Hall–Kier alpha value is -4.25. The first-order valence-electron chi connectivity index (χ1n) is 13.3. The quantitative estimate of drug-likeness (QED) is 0.342. The summed E-state index contributed by atoms with van der Waals surface area (Å²) in [7, 11) is 1.61. The second-order valence-corrected chi connectivity index (χ2v) is 10.5. The van der Waals surface area contributed by atoms with Gasteiger partial charge in [0.15, 0.2) is 0 Å². The zero-order chi connectivity index (χ0) is 29.4. The summed E-state index contributed by atoms with van der Waals surface area (Å²) >= 11 is 1.36. The van der Waals surface area contributed by atoms with E-state index in [9.17, 15) is 19.2 Å². The highest BCUT2D eigenvalue weighted by atomic mass is 32.1. The zero-order valence-electron chi connectivity index (χ0n) is 23.2. The predicted molar refractivity (Wildman–Crippen MR) is 151 cm³/mol. The van der Waals surface area contributed by atoms with E-state index in [0.717, 1.165) is 42.8 Å². The fourth-order valence-corrected chi connectivity index (χ4v) is 5.62. The van der Waals surface area contributed by atoms with E-state index in [2.05, 4.69) is 10.3 Å². The molecule has 1 saturated heterocycles. The largest absolute Gasteiger partial charge is 0.496 e. The summed E-state index contributed by atoms with van der Waals surface area (Å²) in [6.07, 6.45) is -1.31. The van der Waals surface area contributed by atoms with Crippen LogP contribution in [-0.4, -0.2) is 59.5 Å². The Labute approximate surface area is 242 Å². The number of likely N-dealkylation sites (tertiary alicyclic amines) is 1. The number of rotatable bonds is 11. The van der Waals surface area contributed by atoms with Crippen molar-refractivity contribution in [3.63, 3.8) is 0 Å². The van der Waals surface area contributed by atoms with Crippen LogP contribution in [0.3, 0.4) is 0 Å². The standard InChI is InChI=1S/C30H33N3O7S/c1-19(34)39-27(28(40-20(2)35)30(37)33-15-9-13-24(33)21-10-5-4-6-11-21)29(36)31-17-26-32-23(18-41-26)16-22-12-7-8-14-25(22)38-3/h4-8,10-12,14,18,24,27-28H,9,13,15-17H2,1-3H3,(H,31,36)/t24?,27-,28-/m1/s1. The Morgan fingerprint density at radius 1 is 1.00 bits per heavy atom. The Kier molecular flexibility index (Phi) is 10.1. The Balaban J connectivity index is 1.49. The van der Waals surface area contributed by atoms with Crippen LogP contribution in [-0.2, 0) is 41.6 Å². The van der Waals surface area contributed by atoms with Gasteiger partial charge in [-0.3, -0.25) is 19.2 Å². The SMILES string of the molecule is COc1ccccc1Cc1csc(CNC(=O)[C@H](OC(C)=O)[C@@H](OC(C)=O)C(=O)N2CCCC2c2ccccc2)n1. The van der Waals surface area contributed by atoms with Crippen LogP contribution in [0.15, 0.2) is 60.0 Å². The number of hydrogen-bond donors (Lipinski definition) is 1. The van der Waals surface area contributed by atoms with Gasteiger partial charge in [-0.2, -0.15) is 0 Å². The Morgan fingerprint density at radius 3 is 2.39 bits per heavy atom. The monoisotopic (exact) mass is 579 g/mol. The van der Waals surface area contributed by atoms with Crippen LogP contribution >= 0.6 is 11.3 Å². The summed E-state index contributed by atoms with van der Waals surface area (Å²) in [6.45, 7) is 2.72. The van der Waals surface area contributed by atoms with Gasteiger partial charge in [0.1, 0.15) is 10.8 Å². The van der Waals surface area contributed by atoms with Crippen molar-refractivity contribution < 1.29 is 33.4 Å². The van der Waals surface area contributed by atoms with Crippen LogP contribution in [0, 0.1) is 0 Å². The number of hydrogen-bond acceptors (Lipinski definition) is 9. The fraction of sp³-hybridized carbons (Fsp3) is 0.367. The number of esters is 2. The number of aromatic nitrogens is 1. The summed E-state index contributed by atoms with van der Waals surface area (Å²) in [6, 6.07) is 16.9. The molecule has 0 radical (unpaired) electrons. The third-order valence-electron chi connectivity index (χ3n) is 6.66. The van der Waals surface area contributed by atoms with E-state index in [1.807, 2.05) is 60.0 Å². The lowest BCUT2D eigenvalue weighted by molar-refractivity contribution is -0.178. The van der Waals surface area contributed by atoms with Gasteiger partial charge in [-0.25, -0.2) is 4.98 Å². The molecule has 1 N–H and O–H groups in total. The number of thiazole rings is 1. The smallest absolute Gasteiger partial charge is 0.303 e. The van der Waals surface area contributed by atoms with Crippen molar-refractivity contribution in [3.8, 4) is 5.75 Å². The summed E-state index contributed by atoms with van der Waals surface area (Å²) in [5.41, 5.74) is 2.71. The molecule has 2 aromatic carbocycles. The molecule has 0 bridgehead atoms. The normalized spacial score (nSPS) is 16.0. The van der Waals surface area contributed by atoms with E-state index in [4.69, 9.17) is 14.2 Å². The van der Waals surface area contributed by atoms with Crippen LogP contribution in [0.25, 0.3) is 0 Å². The lowest BCUT2D eigenvalue weighted by Crippen LogP contribution is -2.53. The number of ether oxygens (including phenoxy) is 3. The van der Waals surface area contributed by atoms with E-state index in [0.29, 0.717) is 24.4 Å². The number of carbonyl (C=O) groups excluding carboxylic acids is 4. The van der Waals surface area contributed by atoms with E-state index in [1.54, 1.807) is 12.0 Å². The van der Waals surface area contributed by atoms with Crippen LogP contribution < -0.4 is 10.1 Å². The van der Waals surface area contributed by atoms with Crippen molar-refractivity contribution in [2.75, 3.05) is 13.7 Å². The maximum absolute atomic E-state index is 13.8. The average molecular weight is 580 g/mol. The molecule has 216 valence electrons. The number of amides is 2. The molecule has 0 aliphatic carbocycles. The van der Waals surface area contributed by atoms with Gasteiger partial charge in [0.05, 0.1) is 25.4 Å². The highest BCUT2D eigenvalue weighted by Crippen LogP contribution is 2.33. The molecule has 1 aliphatic heterocycles. The molecular formula is C30H33N3O7S. The number of nitrogens with one attached hydrogen (secondary N) is 1. The maximum atomic E-state index is 13.8. The van der Waals surface area contributed by atoms with Gasteiger partial charge >= 0.3 is 11.9 Å². The van der Waals surface area contributed by atoms with E-state index in [-0.39, 0.29) is 12.6 Å². The second-order valence-electron chi connectivity index (χ2n) is 9.60. The molecule has 10 nitrogen and oxygen atoms in total. The minimum atomic E-state index is -1.67. The molecule has 1 aliphatic rings. The van der Waals surface area contributed by atoms with Crippen molar-refractivity contribution >= 4 is 35.1 Å². The highest BCUT2D eigenvalue weighted by molar-refractivity contribution is 7.09. The third-order valence-corrected chi connectivity index (χ3v) is 7.56. The van der Waals surface area contributed by atoms with E-state index in [1.165, 1.54) is 11.3 Å². The number of para-hydroxylation sites is 1. The minimum Gasteiger partial charge on any atom is -0.496 e. The van der Waals surface area contributed by atoms with Crippen LogP contribution in [0.1, 0.15) is 54.6 Å². The van der Waals surface area contributed by atoms with E-state index < -0.39 is 36.0 Å².